The Labute approximate surface area is 187 Å². The van der Waals surface area contributed by atoms with Crippen LogP contribution in [0.25, 0.3) is 11.4 Å². The van der Waals surface area contributed by atoms with Crippen LogP contribution in [0.2, 0.25) is 0 Å². The van der Waals surface area contributed by atoms with Crippen LogP contribution in [0.15, 0.2) is 53.4 Å². The summed E-state index contributed by atoms with van der Waals surface area (Å²) in [6.07, 6.45) is -4.25. The van der Waals surface area contributed by atoms with Crippen molar-refractivity contribution in [2.45, 2.75) is 23.6 Å². The van der Waals surface area contributed by atoms with E-state index in [1.54, 1.807) is 12.1 Å². The zero-order valence-corrected chi connectivity index (χ0v) is 18.0. The molecule has 3 N–H and O–H groups in total. The lowest BCUT2D eigenvalue weighted by Crippen LogP contribution is -2.40. The molecule has 0 aliphatic carbocycles. The Hall–Kier alpha value is -3.03. The van der Waals surface area contributed by atoms with Gasteiger partial charge in [-0.15, -0.1) is 5.10 Å². The van der Waals surface area contributed by atoms with Gasteiger partial charge in [-0.3, -0.25) is 0 Å². The van der Waals surface area contributed by atoms with E-state index in [-0.39, 0.29) is 23.1 Å². The van der Waals surface area contributed by atoms with Crippen molar-refractivity contribution in [3.05, 3.63) is 54.1 Å². The van der Waals surface area contributed by atoms with Crippen molar-refractivity contribution < 1.29 is 26.3 Å². The van der Waals surface area contributed by atoms with Gasteiger partial charge < -0.3 is 10.1 Å². The molecule has 1 aromatic heterocycles. The number of sulfonamides is 1. The van der Waals surface area contributed by atoms with E-state index in [9.17, 15) is 21.6 Å². The van der Waals surface area contributed by atoms with Crippen molar-refractivity contribution in [3.8, 4) is 17.1 Å². The second-order valence-corrected chi connectivity index (χ2v) is 9.32. The molecular weight excluding hydrogens is 461 g/mol. The van der Waals surface area contributed by atoms with Crippen LogP contribution in [0.3, 0.4) is 0 Å². The second kappa shape index (κ2) is 9.45. The largest absolute Gasteiger partial charge is 0.489 e. The Morgan fingerprint density at radius 2 is 1.85 bits per heavy atom. The normalized spacial score (nSPS) is 17.7. The number of nitrogens with zero attached hydrogens (tertiary/aromatic N) is 3. The average molecular weight is 482 g/mol. The number of alkyl halides is 3. The maximum atomic E-state index is 12.8. The standard InChI is InChI=1S/C20H21F3N6O3S/c21-20(22,23)15-3-5-16(6-4-15)32-18(14-9-10-24-11-14)12-25-33(30,31)17-7-1-13(2-8-17)19-26-28-29-27-19/h1-8,14,18,24-25H,9-12H2,(H,26,27,28,29)/t14-,18+/m0/s1. The molecular formula is C20H21F3N6O3S. The number of halogens is 3. The number of nitrogens with one attached hydrogen (secondary N) is 3. The molecule has 13 heteroatoms. The molecule has 176 valence electrons. The fourth-order valence-electron chi connectivity index (χ4n) is 3.54. The first-order chi connectivity index (χ1) is 15.7. The van der Waals surface area contributed by atoms with Gasteiger partial charge in [-0.05, 0) is 71.9 Å². The third-order valence-electron chi connectivity index (χ3n) is 5.35. The molecule has 4 rings (SSSR count). The van der Waals surface area contributed by atoms with Crippen molar-refractivity contribution in [3.63, 3.8) is 0 Å². The third kappa shape index (κ3) is 5.67. The highest BCUT2D eigenvalue weighted by Gasteiger charge is 2.31. The molecule has 2 aromatic carbocycles. The first-order valence-corrected chi connectivity index (χ1v) is 11.6. The summed E-state index contributed by atoms with van der Waals surface area (Å²) in [5.41, 5.74) is -0.154. The quantitative estimate of drug-likeness (QED) is 0.450. The molecule has 1 aliphatic rings. The maximum Gasteiger partial charge on any atom is 0.416 e. The molecule has 0 radical (unpaired) electrons. The maximum absolute atomic E-state index is 12.8. The van der Waals surface area contributed by atoms with Gasteiger partial charge in [0.15, 0.2) is 5.82 Å². The highest BCUT2D eigenvalue weighted by molar-refractivity contribution is 7.89. The third-order valence-corrected chi connectivity index (χ3v) is 6.79. The summed E-state index contributed by atoms with van der Waals surface area (Å²) in [6.45, 7) is 1.33. The molecule has 9 nitrogen and oxygen atoms in total. The first kappa shape index (κ1) is 23.1. The number of ether oxygens (including phenoxy) is 1. The summed E-state index contributed by atoms with van der Waals surface area (Å²) in [7, 11) is -3.85. The SMILES string of the molecule is O=S(=O)(NC[C@@H](Oc1ccc(C(F)(F)F)cc1)[C@H]1CCNC1)c1ccc(-c2nnn[nH]2)cc1. The van der Waals surface area contributed by atoms with Gasteiger partial charge in [-0.1, -0.05) is 0 Å². The van der Waals surface area contributed by atoms with Crippen LogP contribution < -0.4 is 14.8 Å². The minimum Gasteiger partial charge on any atom is -0.489 e. The lowest BCUT2D eigenvalue weighted by atomic mass is 10.0. The summed E-state index contributed by atoms with van der Waals surface area (Å²) in [5, 5.41) is 16.5. The Bertz CT molecular complexity index is 1150. The highest BCUT2D eigenvalue weighted by Crippen LogP contribution is 2.31. The van der Waals surface area contributed by atoms with Crippen LogP contribution in [0.4, 0.5) is 13.2 Å². The van der Waals surface area contributed by atoms with Gasteiger partial charge in [0.2, 0.25) is 10.0 Å². The van der Waals surface area contributed by atoms with Crippen LogP contribution >= 0.6 is 0 Å². The fraction of sp³-hybridized carbons (Fsp3) is 0.350. The predicted octanol–water partition coefficient (Wildman–Crippen LogP) is 2.22. The lowest BCUT2D eigenvalue weighted by molar-refractivity contribution is -0.137. The Kier molecular flexibility index (Phi) is 6.63. The van der Waals surface area contributed by atoms with Crippen molar-refractivity contribution in [2.24, 2.45) is 5.92 Å². The van der Waals surface area contributed by atoms with Crippen LogP contribution in [0.1, 0.15) is 12.0 Å². The van der Waals surface area contributed by atoms with E-state index in [4.69, 9.17) is 4.74 Å². The van der Waals surface area contributed by atoms with Crippen molar-refractivity contribution in [2.75, 3.05) is 19.6 Å². The monoisotopic (exact) mass is 482 g/mol. The highest BCUT2D eigenvalue weighted by atomic mass is 32.2. The van der Waals surface area contributed by atoms with Crippen molar-refractivity contribution in [1.82, 2.24) is 30.7 Å². The molecule has 0 saturated carbocycles. The van der Waals surface area contributed by atoms with Gasteiger partial charge in [0.05, 0.1) is 10.5 Å². The number of benzene rings is 2. The summed E-state index contributed by atoms with van der Waals surface area (Å²) in [4.78, 5) is 0.0524. The summed E-state index contributed by atoms with van der Waals surface area (Å²) < 4.78 is 72.5. The smallest absolute Gasteiger partial charge is 0.416 e. The van der Waals surface area contributed by atoms with E-state index in [1.807, 2.05) is 0 Å². The van der Waals surface area contributed by atoms with Gasteiger partial charge in [-0.2, -0.15) is 13.2 Å². The topological polar surface area (TPSA) is 122 Å². The Balaban J connectivity index is 1.45. The first-order valence-electron chi connectivity index (χ1n) is 10.1. The zero-order chi connectivity index (χ0) is 23.5. The number of aromatic amines is 1. The van der Waals surface area contributed by atoms with Gasteiger partial charge in [0.25, 0.3) is 0 Å². The molecule has 0 spiro atoms. The number of hydrogen-bond acceptors (Lipinski definition) is 7. The van der Waals surface area contributed by atoms with E-state index in [1.165, 1.54) is 24.3 Å². The number of aromatic nitrogens is 4. The zero-order valence-electron chi connectivity index (χ0n) is 17.2. The Morgan fingerprint density at radius 1 is 1.12 bits per heavy atom. The van der Waals surface area contributed by atoms with Crippen LogP contribution in [-0.4, -0.2) is 54.8 Å². The summed E-state index contributed by atoms with van der Waals surface area (Å²) >= 11 is 0. The van der Waals surface area contributed by atoms with Crippen LogP contribution in [0, 0.1) is 5.92 Å². The molecule has 0 bridgehead atoms. The van der Waals surface area contributed by atoms with Gasteiger partial charge in [0, 0.05) is 24.6 Å². The van der Waals surface area contributed by atoms with Gasteiger partial charge in [-0.25, -0.2) is 18.2 Å². The molecule has 1 saturated heterocycles. The number of tetrazole rings is 1. The van der Waals surface area contributed by atoms with E-state index in [0.29, 0.717) is 17.9 Å². The van der Waals surface area contributed by atoms with E-state index < -0.39 is 27.9 Å². The number of hydrogen-bond donors (Lipinski definition) is 3. The van der Waals surface area contributed by atoms with E-state index >= 15 is 0 Å². The van der Waals surface area contributed by atoms with Crippen molar-refractivity contribution in [1.29, 1.82) is 0 Å². The molecule has 2 atom stereocenters. The second-order valence-electron chi connectivity index (χ2n) is 7.56. The van der Waals surface area contributed by atoms with Crippen molar-refractivity contribution >= 4 is 10.0 Å². The average Bonchev–Trinajstić information content (AvgIpc) is 3.51. The number of rotatable bonds is 8. The van der Waals surface area contributed by atoms with Gasteiger partial charge in [0.1, 0.15) is 11.9 Å². The lowest BCUT2D eigenvalue weighted by Gasteiger charge is -2.25. The fourth-order valence-corrected chi connectivity index (χ4v) is 4.59. The Morgan fingerprint density at radius 3 is 2.42 bits per heavy atom. The summed E-state index contributed by atoms with van der Waals surface area (Å²) in [5.74, 6) is 0.645. The molecule has 2 heterocycles. The minimum absolute atomic E-state index is 0.00341. The minimum atomic E-state index is -4.44. The number of H-pyrrole nitrogens is 1. The van der Waals surface area contributed by atoms with Crippen LogP contribution in [-0.2, 0) is 16.2 Å². The molecule has 1 aliphatic heterocycles. The molecule has 33 heavy (non-hydrogen) atoms. The molecule has 0 amide bonds. The van der Waals surface area contributed by atoms with E-state index in [0.717, 1.165) is 25.1 Å². The molecule has 3 aromatic rings. The van der Waals surface area contributed by atoms with Crippen LogP contribution in [0.5, 0.6) is 5.75 Å². The molecule has 1 fully saturated rings. The van der Waals surface area contributed by atoms with E-state index in [2.05, 4.69) is 30.7 Å². The van der Waals surface area contributed by atoms with Gasteiger partial charge >= 0.3 is 6.18 Å². The predicted molar refractivity (Wildman–Crippen MR) is 112 cm³/mol. The molecule has 0 unspecified atom stereocenters. The summed E-state index contributed by atoms with van der Waals surface area (Å²) in [6, 6.07) is 10.4.